The molecule has 1 aromatic heterocycles. The zero-order chi connectivity index (χ0) is 9.38. The Labute approximate surface area is 80.3 Å². The number of rotatable bonds is 2. The highest BCUT2D eigenvalue weighted by Gasteiger charge is 2.24. The molecular formula is C9H8N4O. The second-order valence-corrected chi connectivity index (χ2v) is 3.14. The predicted octanol–water partition coefficient (Wildman–Crippen LogP) is 0.734. The first-order valence-corrected chi connectivity index (χ1v) is 4.38. The van der Waals surface area contributed by atoms with Crippen LogP contribution in [-0.2, 0) is 4.74 Å². The molecule has 1 atom stereocenters. The third kappa shape index (κ3) is 1.27. The minimum Gasteiger partial charge on any atom is -0.368 e. The van der Waals surface area contributed by atoms with Crippen molar-refractivity contribution in [3.63, 3.8) is 0 Å². The third-order valence-corrected chi connectivity index (χ3v) is 2.18. The maximum absolute atomic E-state index is 5.17. The molecule has 70 valence electrons. The number of hydrogen-bond donors (Lipinski definition) is 0. The van der Waals surface area contributed by atoms with Gasteiger partial charge in [-0.3, -0.25) is 0 Å². The largest absolute Gasteiger partial charge is 0.368 e. The Hall–Kier alpha value is -1.75. The van der Waals surface area contributed by atoms with E-state index in [0.717, 1.165) is 12.3 Å². The van der Waals surface area contributed by atoms with Gasteiger partial charge in [0.25, 0.3) is 0 Å². The van der Waals surface area contributed by atoms with Gasteiger partial charge in [-0.05, 0) is 22.9 Å². The molecule has 5 nitrogen and oxygen atoms in total. The molecule has 0 bridgehead atoms. The number of tetrazole rings is 1. The second-order valence-electron chi connectivity index (χ2n) is 3.14. The topological polar surface area (TPSA) is 56.1 Å². The van der Waals surface area contributed by atoms with E-state index >= 15 is 0 Å². The normalized spacial score (nSPS) is 19.6. The molecule has 14 heavy (non-hydrogen) atoms. The second kappa shape index (κ2) is 2.88. The van der Waals surface area contributed by atoms with Crippen molar-refractivity contribution in [1.29, 1.82) is 0 Å². The van der Waals surface area contributed by atoms with Gasteiger partial charge >= 0.3 is 0 Å². The number of aromatic nitrogens is 4. The zero-order valence-corrected chi connectivity index (χ0v) is 7.37. The highest BCUT2D eigenvalue weighted by atomic mass is 16.6. The van der Waals surface area contributed by atoms with Gasteiger partial charge in [-0.2, -0.15) is 0 Å². The zero-order valence-electron chi connectivity index (χ0n) is 7.37. The number of epoxide rings is 1. The van der Waals surface area contributed by atoms with E-state index < -0.39 is 0 Å². The lowest BCUT2D eigenvalue weighted by atomic mass is 10.1. The maximum Gasteiger partial charge on any atom is 0.162 e. The molecule has 0 radical (unpaired) electrons. The van der Waals surface area contributed by atoms with Crippen LogP contribution < -0.4 is 0 Å². The summed E-state index contributed by atoms with van der Waals surface area (Å²) in [4.78, 5) is 1.48. The van der Waals surface area contributed by atoms with Crippen molar-refractivity contribution in [2.45, 2.75) is 6.10 Å². The Morgan fingerprint density at radius 1 is 1.29 bits per heavy atom. The van der Waals surface area contributed by atoms with Crippen LogP contribution in [0.5, 0.6) is 0 Å². The summed E-state index contributed by atoms with van der Waals surface area (Å²) in [6, 6.07) is 7.96. The van der Waals surface area contributed by atoms with Crippen LogP contribution >= 0.6 is 0 Å². The summed E-state index contributed by atoms with van der Waals surface area (Å²) >= 11 is 0. The predicted molar refractivity (Wildman–Crippen MR) is 47.8 cm³/mol. The number of hydrogen-bond acceptors (Lipinski definition) is 4. The third-order valence-electron chi connectivity index (χ3n) is 2.18. The molecule has 1 fully saturated rings. The molecule has 2 aromatic rings. The van der Waals surface area contributed by atoms with Gasteiger partial charge in [0, 0.05) is 0 Å². The fourth-order valence-electron chi connectivity index (χ4n) is 1.35. The van der Waals surface area contributed by atoms with E-state index in [1.165, 1.54) is 16.7 Å². The van der Waals surface area contributed by atoms with Crippen LogP contribution in [0.25, 0.3) is 5.69 Å². The standard InChI is InChI=1S/C9H8N4O/c1-3-8(13-11-6-10-12-13)4-2-7(1)9-5-14-9/h1-4,6,9H,5H2/t9-/m0/s1. The van der Waals surface area contributed by atoms with Crippen LogP contribution in [0.1, 0.15) is 11.7 Å². The summed E-state index contributed by atoms with van der Waals surface area (Å²) < 4.78 is 5.17. The van der Waals surface area contributed by atoms with Gasteiger partial charge in [-0.15, -0.1) is 15.0 Å². The number of nitrogens with zero attached hydrogens (tertiary/aromatic N) is 4. The molecular weight excluding hydrogens is 180 g/mol. The molecule has 2 heterocycles. The number of ether oxygens (including phenoxy) is 1. The van der Waals surface area contributed by atoms with E-state index in [2.05, 4.69) is 15.4 Å². The minimum atomic E-state index is 0.299. The van der Waals surface area contributed by atoms with Crippen LogP contribution in [0.3, 0.4) is 0 Å². The highest BCUT2D eigenvalue weighted by molar-refractivity contribution is 5.34. The van der Waals surface area contributed by atoms with Crippen LogP contribution in [0, 0.1) is 0 Å². The minimum absolute atomic E-state index is 0.299. The van der Waals surface area contributed by atoms with Gasteiger partial charge in [0.15, 0.2) is 6.33 Å². The number of benzene rings is 1. The van der Waals surface area contributed by atoms with E-state index in [-0.39, 0.29) is 0 Å². The van der Waals surface area contributed by atoms with E-state index in [0.29, 0.717) is 6.10 Å². The van der Waals surface area contributed by atoms with E-state index in [9.17, 15) is 0 Å². The molecule has 1 aliphatic rings. The molecule has 1 aromatic carbocycles. The van der Waals surface area contributed by atoms with Crippen molar-refractivity contribution in [1.82, 2.24) is 20.2 Å². The summed E-state index contributed by atoms with van der Waals surface area (Å²) in [6.45, 7) is 0.834. The lowest BCUT2D eigenvalue weighted by Crippen LogP contribution is -1.98. The lowest BCUT2D eigenvalue weighted by molar-refractivity contribution is 0.415. The van der Waals surface area contributed by atoms with Crippen LogP contribution in [-0.4, -0.2) is 26.8 Å². The molecule has 5 heteroatoms. The Balaban J connectivity index is 1.93. The first kappa shape index (κ1) is 7.64. The summed E-state index contributed by atoms with van der Waals surface area (Å²) in [5.41, 5.74) is 2.11. The summed E-state index contributed by atoms with van der Waals surface area (Å²) in [7, 11) is 0. The monoisotopic (exact) mass is 188 g/mol. The highest BCUT2D eigenvalue weighted by Crippen LogP contribution is 2.29. The van der Waals surface area contributed by atoms with Crippen molar-refractivity contribution < 1.29 is 4.74 Å². The molecule has 3 rings (SSSR count). The van der Waals surface area contributed by atoms with E-state index in [4.69, 9.17) is 4.74 Å². The van der Waals surface area contributed by atoms with Gasteiger partial charge in [-0.25, -0.2) is 0 Å². The van der Waals surface area contributed by atoms with Gasteiger partial charge in [-0.1, -0.05) is 12.1 Å². The Bertz CT molecular complexity index is 419. The average Bonchev–Trinajstić information content (AvgIpc) is 2.94. The SMILES string of the molecule is c1nnn(-c2ccc([C@@H]3CO3)cc2)n1. The first-order chi connectivity index (χ1) is 6.93. The molecule has 0 unspecified atom stereocenters. The molecule has 0 saturated carbocycles. The molecule has 0 spiro atoms. The van der Waals surface area contributed by atoms with Crippen molar-refractivity contribution in [3.8, 4) is 5.69 Å². The van der Waals surface area contributed by atoms with Gasteiger partial charge in [0.2, 0.25) is 0 Å². The molecule has 0 amide bonds. The Kier molecular flexibility index (Phi) is 1.57. The van der Waals surface area contributed by atoms with Gasteiger partial charge in [0.05, 0.1) is 12.3 Å². The molecule has 1 aliphatic heterocycles. The maximum atomic E-state index is 5.17. The smallest absolute Gasteiger partial charge is 0.162 e. The lowest BCUT2D eigenvalue weighted by Gasteiger charge is -1.99. The van der Waals surface area contributed by atoms with Gasteiger partial charge < -0.3 is 4.74 Å². The van der Waals surface area contributed by atoms with Crippen molar-refractivity contribution in [3.05, 3.63) is 36.2 Å². The van der Waals surface area contributed by atoms with Crippen LogP contribution in [0.4, 0.5) is 0 Å². The average molecular weight is 188 g/mol. The fourth-order valence-corrected chi connectivity index (χ4v) is 1.35. The molecule has 0 N–H and O–H groups in total. The Morgan fingerprint density at radius 3 is 2.64 bits per heavy atom. The van der Waals surface area contributed by atoms with Crippen LogP contribution in [0.2, 0.25) is 0 Å². The van der Waals surface area contributed by atoms with Crippen molar-refractivity contribution in [2.75, 3.05) is 6.61 Å². The molecule has 1 saturated heterocycles. The van der Waals surface area contributed by atoms with Crippen molar-refractivity contribution in [2.24, 2.45) is 0 Å². The van der Waals surface area contributed by atoms with Gasteiger partial charge in [0.1, 0.15) is 6.10 Å². The first-order valence-electron chi connectivity index (χ1n) is 4.38. The Morgan fingerprint density at radius 2 is 2.07 bits per heavy atom. The van der Waals surface area contributed by atoms with E-state index in [1.807, 2.05) is 24.3 Å². The van der Waals surface area contributed by atoms with Crippen LogP contribution in [0.15, 0.2) is 30.6 Å². The van der Waals surface area contributed by atoms with E-state index in [1.54, 1.807) is 0 Å². The summed E-state index contributed by atoms with van der Waals surface area (Å²) in [5.74, 6) is 0. The fraction of sp³-hybridized carbons (Fsp3) is 0.222. The summed E-state index contributed by atoms with van der Waals surface area (Å²) in [6.07, 6.45) is 1.71. The van der Waals surface area contributed by atoms with Crippen molar-refractivity contribution >= 4 is 0 Å². The molecule has 0 aliphatic carbocycles. The summed E-state index contributed by atoms with van der Waals surface area (Å²) in [5, 5.41) is 11.4. The quantitative estimate of drug-likeness (QED) is 0.652.